The fourth-order valence-electron chi connectivity index (χ4n) is 3.38. The summed E-state index contributed by atoms with van der Waals surface area (Å²) in [6.07, 6.45) is -4.46. The van der Waals surface area contributed by atoms with Gasteiger partial charge in [0.25, 0.3) is 5.91 Å². The van der Waals surface area contributed by atoms with Crippen LogP contribution in [0.3, 0.4) is 0 Å². The number of carbonyl (C=O) groups excluding carboxylic acids is 1. The van der Waals surface area contributed by atoms with Gasteiger partial charge in [0.05, 0.1) is 31.3 Å². The number of aromatic nitrogens is 2. The summed E-state index contributed by atoms with van der Waals surface area (Å²) in [4.78, 5) is 18.6. The summed E-state index contributed by atoms with van der Waals surface area (Å²) in [5, 5.41) is 3.80. The van der Waals surface area contributed by atoms with Gasteiger partial charge in [0.15, 0.2) is 11.5 Å². The number of carbonyl (C=O) groups is 1. The SMILES string of the molecule is COc1cccc(C(=O)N2CC(c3nc(-c4cccc(C(F)(F)F)c4)no3)C2)c1OC. The molecule has 0 bridgehead atoms. The third-order valence-corrected chi connectivity index (χ3v) is 5.04. The summed E-state index contributed by atoms with van der Waals surface area (Å²) in [5.74, 6) is 0.711. The maximum Gasteiger partial charge on any atom is 0.416 e. The van der Waals surface area contributed by atoms with E-state index in [1.165, 1.54) is 26.4 Å². The van der Waals surface area contributed by atoms with Crippen LogP contribution in [0.1, 0.15) is 27.7 Å². The number of likely N-dealkylation sites (tertiary alicyclic amines) is 1. The highest BCUT2D eigenvalue weighted by atomic mass is 19.4. The van der Waals surface area contributed by atoms with Gasteiger partial charge in [-0.25, -0.2) is 0 Å². The Labute approximate surface area is 175 Å². The van der Waals surface area contributed by atoms with Crippen LogP contribution in [0.25, 0.3) is 11.4 Å². The first-order valence-electron chi connectivity index (χ1n) is 9.33. The van der Waals surface area contributed by atoms with Crippen LogP contribution in [0, 0.1) is 0 Å². The minimum Gasteiger partial charge on any atom is -0.493 e. The number of nitrogens with zero attached hydrogens (tertiary/aromatic N) is 3. The molecule has 7 nitrogen and oxygen atoms in total. The molecule has 31 heavy (non-hydrogen) atoms. The molecular weight excluding hydrogens is 415 g/mol. The highest BCUT2D eigenvalue weighted by molar-refractivity contribution is 5.98. The van der Waals surface area contributed by atoms with Gasteiger partial charge in [-0.05, 0) is 24.3 Å². The highest BCUT2D eigenvalue weighted by Gasteiger charge is 2.37. The zero-order chi connectivity index (χ0) is 22.2. The van der Waals surface area contributed by atoms with E-state index in [0.717, 1.165) is 12.1 Å². The minimum absolute atomic E-state index is 0.0698. The first-order chi connectivity index (χ1) is 14.8. The van der Waals surface area contributed by atoms with Crippen LogP contribution < -0.4 is 9.47 Å². The van der Waals surface area contributed by atoms with Crippen LogP contribution in [-0.4, -0.2) is 48.3 Å². The van der Waals surface area contributed by atoms with Crippen molar-refractivity contribution in [2.24, 2.45) is 0 Å². The van der Waals surface area contributed by atoms with Crippen molar-refractivity contribution in [2.45, 2.75) is 12.1 Å². The van der Waals surface area contributed by atoms with Crippen LogP contribution in [0.4, 0.5) is 13.2 Å². The Bertz CT molecular complexity index is 1110. The van der Waals surface area contributed by atoms with E-state index in [1.807, 2.05) is 0 Å². The molecule has 0 N–H and O–H groups in total. The number of halogens is 3. The molecule has 10 heteroatoms. The highest BCUT2D eigenvalue weighted by Crippen LogP contribution is 2.35. The summed E-state index contributed by atoms with van der Waals surface area (Å²) in [7, 11) is 2.95. The smallest absolute Gasteiger partial charge is 0.416 e. The van der Waals surface area contributed by atoms with E-state index in [-0.39, 0.29) is 29.1 Å². The van der Waals surface area contributed by atoms with Gasteiger partial charge in [-0.1, -0.05) is 23.4 Å². The standard InChI is InChI=1S/C21H18F3N3O4/c1-29-16-8-4-7-15(17(16)30-2)20(28)27-10-13(11-27)19-25-18(26-31-19)12-5-3-6-14(9-12)21(22,23)24/h3-9,13H,10-11H2,1-2H3. The lowest BCUT2D eigenvalue weighted by Gasteiger charge is -2.37. The maximum absolute atomic E-state index is 12.9. The molecule has 0 radical (unpaired) electrons. The summed E-state index contributed by atoms with van der Waals surface area (Å²) in [6.45, 7) is 0.673. The quantitative estimate of drug-likeness (QED) is 0.605. The Morgan fingerprint density at radius 3 is 2.55 bits per heavy atom. The number of amides is 1. The van der Waals surface area contributed by atoms with Crippen LogP contribution in [0.5, 0.6) is 11.5 Å². The number of hydrogen-bond acceptors (Lipinski definition) is 6. The van der Waals surface area contributed by atoms with E-state index in [2.05, 4.69) is 10.1 Å². The second-order valence-electron chi connectivity index (χ2n) is 6.98. The van der Waals surface area contributed by atoms with Crippen LogP contribution >= 0.6 is 0 Å². The number of alkyl halides is 3. The average molecular weight is 433 g/mol. The second kappa shape index (κ2) is 7.93. The van der Waals surface area contributed by atoms with E-state index in [4.69, 9.17) is 14.0 Å². The van der Waals surface area contributed by atoms with E-state index in [9.17, 15) is 18.0 Å². The number of hydrogen-bond donors (Lipinski definition) is 0. The lowest BCUT2D eigenvalue weighted by Crippen LogP contribution is -2.48. The number of benzene rings is 2. The van der Waals surface area contributed by atoms with Gasteiger partial charge in [-0.15, -0.1) is 0 Å². The van der Waals surface area contributed by atoms with Crippen molar-refractivity contribution < 1.29 is 32.0 Å². The van der Waals surface area contributed by atoms with Crippen LogP contribution in [-0.2, 0) is 6.18 Å². The lowest BCUT2D eigenvalue weighted by atomic mass is 9.98. The molecule has 1 aromatic heterocycles. The Morgan fingerprint density at radius 2 is 1.87 bits per heavy atom. The predicted octanol–water partition coefficient (Wildman–Crippen LogP) is 4.01. The van der Waals surface area contributed by atoms with Gasteiger partial charge in [0.2, 0.25) is 11.7 Å². The van der Waals surface area contributed by atoms with Crippen molar-refractivity contribution >= 4 is 5.91 Å². The summed E-state index contributed by atoms with van der Waals surface area (Å²) < 4.78 is 54.5. The molecule has 0 aliphatic carbocycles. The lowest BCUT2D eigenvalue weighted by molar-refractivity contribution is -0.137. The van der Waals surface area contributed by atoms with Gasteiger partial charge in [-0.2, -0.15) is 18.2 Å². The third kappa shape index (κ3) is 3.92. The van der Waals surface area contributed by atoms with Crippen LogP contribution in [0.2, 0.25) is 0 Å². The molecule has 0 atom stereocenters. The number of ether oxygens (including phenoxy) is 2. The summed E-state index contributed by atoms with van der Waals surface area (Å²) >= 11 is 0. The molecular formula is C21H18F3N3O4. The Balaban J connectivity index is 1.46. The first-order valence-corrected chi connectivity index (χ1v) is 9.33. The van der Waals surface area contributed by atoms with Crippen molar-refractivity contribution in [1.29, 1.82) is 0 Å². The largest absolute Gasteiger partial charge is 0.493 e. The average Bonchev–Trinajstić information content (AvgIpc) is 3.21. The summed E-state index contributed by atoms with van der Waals surface area (Å²) in [6, 6.07) is 9.77. The third-order valence-electron chi connectivity index (χ3n) is 5.04. The van der Waals surface area contributed by atoms with Crippen molar-refractivity contribution in [3.05, 3.63) is 59.5 Å². The van der Waals surface area contributed by atoms with Gasteiger partial charge in [0, 0.05) is 18.7 Å². The molecule has 1 saturated heterocycles. The Hall–Kier alpha value is -3.56. The van der Waals surface area contributed by atoms with E-state index in [0.29, 0.717) is 30.2 Å². The van der Waals surface area contributed by atoms with Gasteiger partial charge in [0.1, 0.15) is 0 Å². The minimum atomic E-state index is -4.46. The normalized spacial score (nSPS) is 14.3. The molecule has 1 aliphatic rings. The van der Waals surface area contributed by atoms with Crippen molar-refractivity contribution in [3.63, 3.8) is 0 Å². The molecule has 1 aliphatic heterocycles. The fourth-order valence-corrected chi connectivity index (χ4v) is 3.38. The maximum atomic E-state index is 12.9. The monoisotopic (exact) mass is 433 g/mol. The Kier molecular flexibility index (Phi) is 5.30. The van der Waals surface area contributed by atoms with Gasteiger partial charge < -0.3 is 18.9 Å². The molecule has 162 valence electrons. The molecule has 0 unspecified atom stereocenters. The molecule has 1 fully saturated rings. The van der Waals surface area contributed by atoms with E-state index >= 15 is 0 Å². The van der Waals surface area contributed by atoms with Gasteiger partial charge in [-0.3, -0.25) is 4.79 Å². The topological polar surface area (TPSA) is 77.7 Å². The number of para-hydroxylation sites is 1. The zero-order valence-corrected chi connectivity index (χ0v) is 16.6. The molecule has 3 aromatic rings. The summed E-state index contributed by atoms with van der Waals surface area (Å²) in [5.41, 5.74) is -0.210. The zero-order valence-electron chi connectivity index (χ0n) is 16.6. The van der Waals surface area contributed by atoms with Gasteiger partial charge >= 0.3 is 6.18 Å². The van der Waals surface area contributed by atoms with Crippen molar-refractivity contribution in [1.82, 2.24) is 15.0 Å². The number of methoxy groups -OCH3 is 2. The molecule has 0 saturated carbocycles. The van der Waals surface area contributed by atoms with Crippen molar-refractivity contribution in [2.75, 3.05) is 27.3 Å². The van der Waals surface area contributed by atoms with E-state index in [1.54, 1.807) is 23.1 Å². The molecule has 1 amide bonds. The van der Waals surface area contributed by atoms with E-state index < -0.39 is 11.7 Å². The Morgan fingerprint density at radius 1 is 1.13 bits per heavy atom. The molecule has 2 heterocycles. The van der Waals surface area contributed by atoms with Crippen LogP contribution in [0.15, 0.2) is 47.0 Å². The molecule has 0 spiro atoms. The first kappa shape index (κ1) is 20.7. The molecule has 2 aromatic carbocycles. The predicted molar refractivity (Wildman–Crippen MR) is 103 cm³/mol. The second-order valence-corrected chi connectivity index (χ2v) is 6.98. The fraction of sp³-hybridized carbons (Fsp3) is 0.286. The molecule has 4 rings (SSSR count). The number of rotatable bonds is 5. The van der Waals surface area contributed by atoms with Crippen molar-refractivity contribution in [3.8, 4) is 22.9 Å².